The van der Waals surface area contributed by atoms with Crippen molar-refractivity contribution in [2.45, 2.75) is 51.6 Å². The molecule has 3 N–H and O–H groups in total. The molecule has 2 rings (SSSR count). The topological polar surface area (TPSA) is 46.2 Å². The van der Waals surface area contributed by atoms with Crippen LogP contribution in [0.3, 0.4) is 0 Å². The van der Waals surface area contributed by atoms with Crippen LogP contribution in [0.15, 0.2) is 24.3 Å². The van der Waals surface area contributed by atoms with Crippen LogP contribution in [0.2, 0.25) is 0 Å². The van der Waals surface area contributed by atoms with E-state index in [2.05, 4.69) is 31.2 Å². The van der Waals surface area contributed by atoms with Crippen LogP contribution in [0.4, 0.5) is 0 Å². The second-order valence-corrected chi connectivity index (χ2v) is 5.95. The Morgan fingerprint density at radius 3 is 2.61 bits per heavy atom. The van der Waals surface area contributed by atoms with Crippen LogP contribution < -0.4 is 5.73 Å². The van der Waals surface area contributed by atoms with Gasteiger partial charge in [-0.2, -0.15) is 0 Å². The van der Waals surface area contributed by atoms with Gasteiger partial charge in [-0.15, -0.1) is 0 Å². The van der Waals surface area contributed by atoms with Crippen LogP contribution >= 0.6 is 0 Å². The average Bonchev–Trinajstić information content (AvgIpc) is 2.37. The lowest BCUT2D eigenvalue weighted by molar-refractivity contribution is -0.0803. The molecule has 1 aliphatic rings. The first kappa shape index (κ1) is 13.6. The van der Waals surface area contributed by atoms with E-state index in [1.165, 1.54) is 11.1 Å². The van der Waals surface area contributed by atoms with Crippen LogP contribution in [0.1, 0.15) is 44.2 Å². The smallest absolute Gasteiger partial charge is 0.0691 e. The second-order valence-electron chi connectivity index (χ2n) is 5.95. The molecule has 100 valence electrons. The minimum absolute atomic E-state index is 0.155. The molecule has 0 aromatic heterocycles. The summed E-state index contributed by atoms with van der Waals surface area (Å²) in [6, 6.07) is 8.56. The number of rotatable bonds is 4. The van der Waals surface area contributed by atoms with Gasteiger partial charge in [0.2, 0.25) is 0 Å². The summed E-state index contributed by atoms with van der Waals surface area (Å²) in [6.07, 6.45) is 4.76. The third kappa shape index (κ3) is 2.19. The van der Waals surface area contributed by atoms with E-state index < -0.39 is 5.60 Å². The zero-order valence-electron chi connectivity index (χ0n) is 11.6. The van der Waals surface area contributed by atoms with Crippen molar-refractivity contribution in [1.29, 1.82) is 0 Å². The van der Waals surface area contributed by atoms with Crippen molar-refractivity contribution in [2.24, 2.45) is 11.1 Å². The highest BCUT2D eigenvalue weighted by Gasteiger charge is 2.46. The fraction of sp³-hybridized carbons (Fsp3) is 0.625. The van der Waals surface area contributed by atoms with Crippen molar-refractivity contribution < 1.29 is 5.11 Å². The lowest BCUT2D eigenvalue weighted by Gasteiger charge is -2.48. The lowest BCUT2D eigenvalue weighted by Crippen LogP contribution is -2.53. The van der Waals surface area contributed by atoms with Gasteiger partial charge in [-0.1, -0.05) is 37.6 Å². The number of hydrogen-bond donors (Lipinski definition) is 2. The Labute approximate surface area is 110 Å². The SMILES string of the molecule is CCCC(C)(O)C1(CN)CCc2ccccc2C1. The molecule has 0 bridgehead atoms. The molecule has 1 aliphatic carbocycles. The number of aryl methyl sites for hydroxylation is 1. The third-order valence-corrected chi connectivity index (χ3v) is 4.79. The number of fused-ring (bicyclic) bond motifs is 1. The summed E-state index contributed by atoms with van der Waals surface area (Å²) < 4.78 is 0. The minimum atomic E-state index is -0.663. The summed E-state index contributed by atoms with van der Waals surface area (Å²) in [6.45, 7) is 4.65. The maximum Gasteiger partial charge on any atom is 0.0691 e. The second kappa shape index (κ2) is 5.02. The molecule has 2 atom stereocenters. The van der Waals surface area contributed by atoms with Gasteiger partial charge in [0.1, 0.15) is 0 Å². The molecule has 0 saturated heterocycles. The molecular formula is C16H25NO. The van der Waals surface area contributed by atoms with Crippen LogP contribution in [-0.4, -0.2) is 17.3 Å². The largest absolute Gasteiger partial charge is 0.390 e. The predicted octanol–water partition coefficient (Wildman–Crippen LogP) is 2.67. The van der Waals surface area contributed by atoms with Crippen molar-refractivity contribution in [3.8, 4) is 0 Å². The van der Waals surface area contributed by atoms with Crippen molar-refractivity contribution in [3.63, 3.8) is 0 Å². The molecule has 1 aromatic carbocycles. The van der Waals surface area contributed by atoms with E-state index in [1.807, 2.05) is 6.92 Å². The van der Waals surface area contributed by atoms with Gasteiger partial charge in [0.15, 0.2) is 0 Å². The van der Waals surface area contributed by atoms with E-state index in [0.717, 1.165) is 32.1 Å². The van der Waals surface area contributed by atoms with Crippen molar-refractivity contribution in [3.05, 3.63) is 35.4 Å². The quantitative estimate of drug-likeness (QED) is 0.859. The van der Waals surface area contributed by atoms with E-state index in [9.17, 15) is 5.11 Å². The predicted molar refractivity (Wildman–Crippen MR) is 75.5 cm³/mol. The maximum absolute atomic E-state index is 10.8. The molecule has 0 saturated carbocycles. The number of aliphatic hydroxyl groups is 1. The Balaban J connectivity index is 2.32. The van der Waals surface area contributed by atoms with E-state index in [1.54, 1.807) is 0 Å². The highest BCUT2D eigenvalue weighted by Crippen LogP contribution is 2.44. The third-order valence-electron chi connectivity index (χ3n) is 4.79. The normalized spacial score (nSPS) is 26.4. The Hall–Kier alpha value is -0.860. The number of benzene rings is 1. The van der Waals surface area contributed by atoms with E-state index in [0.29, 0.717) is 6.54 Å². The van der Waals surface area contributed by atoms with Gasteiger partial charge in [0.05, 0.1) is 5.60 Å². The Bertz CT molecular complexity index is 413. The maximum atomic E-state index is 10.8. The summed E-state index contributed by atoms with van der Waals surface area (Å²) in [5.41, 5.74) is 8.02. The molecule has 2 heteroatoms. The van der Waals surface area contributed by atoms with Crippen molar-refractivity contribution in [1.82, 2.24) is 0 Å². The summed E-state index contributed by atoms with van der Waals surface area (Å²) in [5, 5.41) is 10.8. The van der Waals surface area contributed by atoms with Crippen LogP contribution in [0.5, 0.6) is 0 Å². The molecule has 2 unspecified atom stereocenters. The molecule has 1 aromatic rings. The fourth-order valence-corrected chi connectivity index (χ4v) is 3.41. The Morgan fingerprint density at radius 2 is 2.00 bits per heavy atom. The van der Waals surface area contributed by atoms with Crippen LogP contribution in [0.25, 0.3) is 0 Å². The molecular weight excluding hydrogens is 222 g/mol. The summed E-state index contributed by atoms with van der Waals surface area (Å²) in [4.78, 5) is 0. The number of nitrogens with two attached hydrogens (primary N) is 1. The van der Waals surface area contributed by atoms with Crippen molar-refractivity contribution >= 4 is 0 Å². The first-order valence-electron chi connectivity index (χ1n) is 7.04. The van der Waals surface area contributed by atoms with Gasteiger partial charge in [-0.05, 0) is 43.7 Å². The molecule has 18 heavy (non-hydrogen) atoms. The molecule has 0 amide bonds. The highest BCUT2D eigenvalue weighted by atomic mass is 16.3. The van der Waals surface area contributed by atoms with Crippen LogP contribution in [0, 0.1) is 5.41 Å². The zero-order valence-corrected chi connectivity index (χ0v) is 11.6. The van der Waals surface area contributed by atoms with Crippen molar-refractivity contribution in [2.75, 3.05) is 6.54 Å². The first-order chi connectivity index (χ1) is 8.54. The van der Waals surface area contributed by atoms with Gasteiger partial charge >= 0.3 is 0 Å². The first-order valence-corrected chi connectivity index (χ1v) is 7.04. The standard InChI is InChI=1S/C16H25NO/c1-3-9-15(2,18)16(12-17)10-8-13-6-4-5-7-14(13)11-16/h4-7,18H,3,8-12,17H2,1-2H3. The van der Waals surface area contributed by atoms with E-state index in [-0.39, 0.29) is 5.41 Å². The van der Waals surface area contributed by atoms with Gasteiger partial charge in [-0.25, -0.2) is 0 Å². The zero-order chi connectivity index (χ0) is 13.2. The lowest BCUT2D eigenvalue weighted by atomic mass is 9.61. The average molecular weight is 247 g/mol. The Morgan fingerprint density at radius 1 is 1.33 bits per heavy atom. The number of hydrogen-bond acceptors (Lipinski definition) is 2. The summed E-state index contributed by atoms with van der Waals surface area (Å²) in [5.74, 6) is 0. The molecule has 0 heterocycles. The minimum Gasteiger partial charge on any atom is -0.390 e. The Kier molecular flexibility index (Phi) is 3.79. The van der Waals surface area contributed by atoms with Gasteiger partial charge in [0, 0.05) is 12.0 Å². The van der Waals surface area contributed by atoms with Gasteiger partial charge < -0.3 is 10.8 Å². The van der Waals surface area contributed by atoms with E-state index >= 15 is 0 Å². The molecule has 0 aliphatic heterocycles. The van der Waals surface area contributed by atoms with Gasteiger partial charge in [0.25, 0.3) is 0 Å². The highest BCUT2D eigenvalue weighted by molar-refractivity contribution is 5.32. The molecule has 0 fully saturated rings. The molecule has 2 nitrogen and oxygen atoms in total. The molecule has 0 radical (unpaired) electrons. The van der Waals surface area contributed by atoms with Crippen LogP contribution in [-0.2, 0) is 12.8 Å². The summed E-state index contributed by atoms with van der Waals surface area (Å²) in [7, 11) is 0. The fourth-order valence-electron chi connectivity index (χ4n) is 3.41. The molecule has 0 spiro atoms. The monoisotopic (exact) mass is 247 g/mol. The summed E-state index contributed by atoms with van der Waals surface area (Å²) >= 11 is 0. The van der Waals surface area contributed by atoms with E-state index in [4.69, 9.17) is 5.73 Å². The van der Waals surface area contributed by atoms with Gasteiger partial charge in [-0.3, -0.25) is 0 Å².